The van der Waals surface area contributed by atoms with Gasteiger partial charge in [-0.05, 0) is 91.6 Å². The summed E-state index contributed by atoms with van der Waals surface area (Å²) >= 11 is 0. The van der Waals surface area contributed by atoms with Gasteiger partial charge in [0.05, 0.1) is 22.1 Å². The molecule has 1 aliphatic rings. The smallest absolute Gasteiger partial charge is 0.0822 e. The van der Waals surface area contributed by atoms with Gasteiger partial charge in [-0.15, -0.1) is 0 Å². The van der Waals surface area contributed by atoms with Crippen molar-refractivity contribution in [2.75, 3.05) is 0 Å². The zero-order chi connectivity index (χ0) is 22.5. The van der Waals surface area contributed by atoms with Crippen molar-refractivity contribution in [1.29, 1.82) is 0 Å². The van der Waals surface area contributed by atoms with Gasteiger partial charge in [-0.3, -0.25) is 4.98 Å². The van der Waals surface area contributed by atoms with Crippen LogP contribution in [-0.4, -0.2) is 9.38 Å². The van der Waals surface area contributed by atoms with Gasteiger partial charge in [-0.25, -0.2) is 0 Å². The second-order valence-electron chi connectivity index (χ2n) is 11.2. The van der Waals surface area contributed by atoms with Crippen molar-refractivity contribution in [2.45, 2.75) is 59.3 Å². The van der Waals surface area contributed by atoms with Gasteiger partial charge in [-0.2, -0.15) is 0 Å². The molecule has 0 saturated heterocycles. The van der Waals surface area contributed by atoms with E-state index in [1.54, 1.807) is 5.56 Å². The third-order valence-corrected chi connectivity index (χ3v) is 8.40. The molecular weight excluding hydrogens is 400 g/mol. The molecule has 1 fully saturated rings. The highest BCUT2D eigenvalue weighted by atomic mass is 14.9. The van der Waals surface area contributed by atoms with E-state index in [1.807, 2.05) is 6.20 Å². The Balaban J connectivity index is 1.73. The monoisotopic (exact) mass is 430 g/mol. The highest BCUT2D eigenvalue weighted by Gasteiger charge is 2.31. The Morgan fingerprint density at radius 3 is 2.48 bits per heavy atom. The molecule has 0 radical (unpaired) electrons. The molecule has 3 aromatic heterocycles. The number of fused-ring (bicyclic) bond motifs is 6. The zero-order valence-corrected chi connectivity index (χ0v) is 20.0. The number of hydrogen-bond donors (Lipinski definition) is 0. The number of rotatable bonds is 1. The summed E-state index contributed by atoms with van der Waals surface area (Å²) in [7, 11) is 0. The first kappa shape index (κ1) is 19.3. The summed E-state index contributed by atoms with van der Waals surface area (Å²) in [6.45, 7) is 9.32. The molecule has 1 saturated carbocycles. The lowest BCUT2D eigenvalue weighted by Crippen LogP contribution is -2.20. The van der Waals surface area contributed by atoms with Crippen molar-refractivity contribution in [3.8, 4) is 0 Å². The van der Waals surface area contributed by atoms with E-state index in [9.17, 15) is 0 Å². The third kappa shape index (κ3) is 2.58. The van der Waals surface area contributed by atoms with E-state index in [0.717, 1.165) is 5.52 Å². The van der Waals surface area contributed by atoms with Gasteiger partial charge in [0.15, 0.2) is 0 Å². The summed E-state index contributed by atoms with van der Waals surface area (Å²) in [6.07, 6.45) is 7.17. The first-order valence-corrected chi connectivity index (χ1v) is 12.4. The predicted octanol–water partition coefficient (Wildman–Crippen LogP) is 8.69. The van der Waals surface area contributed by atoms with Crippen molar-refractivity contribution < 1.29 is 0 Å². The maximum Gasteiger partial charge on any atom is 0.0822 e. The van der Waals surface area contributed by atoms with E-state index in [0.29, 0.717) is 11.3 Å². The Labute approximate surface area is 194 Å². The van der Waals surface area contributed by atoms with Crippen LogP contribution >= 0.6 is 0 Å². The molecule has 2 heteroatoms. The summed E-state index contributed by atoms with van der Waals surface area (Å²) in [4.78, 5) is 4.96. The molecule has 0 N–H and O–H groups in total. The maximum absolute atomic E-state index is 4.96. The van der Waals surface area contributed by atoms with Crippen molar-refractivity contribution in [1.82, 2.24) is 9.38 Å². The van der Waals surface area contributed by atoms with Crippen LogP contribution in [0.5, 0.6) is 0 Å². The Hall–Kier alpha value is -3.13. The quantitative estimate of drug-likeness (QED) is 0.188. The summed E-state index contributed by atoms with van der Waals surface area (Å²) < 4.78 is 2.56. The topological polar surface area (TPSA) is 17.3 Å². The van der Waals surface area contributed by atoms with Gasteiger partial charge < -0.3 is 4.40 Å². The molecule has 33 heavy (non-hydrogen) atoms. The van der Waals surface area contributed by atoms with E-state index >= 15 is 0 Å². The minimum absolute atomic E-state index is 0.469. The number of aromatic nitrogens is 2. The molecule has 0 atom stereocenters. The molecule has 0 spiro atoms. The molecule has 6 aromatic rings. The molecule has 0 bridgehead atoms. The standard InChI is InChI=1S/C31H30N2/c1-18-15-19(2)29-24(16-18)28-26-21(11-14-32-28)17-23(20-9-12-31(3,4)13-10-20)27-22-7-5-6-8-25(22)33(29)30(26)27/h5-8,11,14-17,20H,9-10,12-13H2,1-4H3. The first-order chi connectivity index (χ1) is 15.9. The van der Waals surface area contributed by atoms with E-state index in [2.05, 4.69) is 80.6 Å². The maximum atomic E-state index is 4.96. The number of pyridine rings is 2. The van der Waals surface area contributed by atoms with Crippen LogP contribution < -0.4 is 0 Å². The fraction of sp³-hybridized carbons (Fsp3) is 0.323. The lowest BCUT2D eigenvalue weighted by molar-refractivity contribution is 0.225. The van der Waals surface area contributed by atoms with Gasteiger partial charge in [-0.1, -0.05) is 43.7 Å². The SMILES string of the molecule is Cc1cc(C)c2c(c1)c1nccc3cc(C4CCC(C)(C)CC4)c4c5ccccc5n2c4c31. The Bertz CT molecular complexity index is 1710. The number of para-hydroxylation sites is 1. The lowest BCUT2D eigenvalue weighted by Gasteiger charge is -2.35. The largest absolute Gasteiger partial charge is 0.308 e. The second kappa shape index (κ2) is 6.47. The lowest BCUT2D eigenvalue weighted by atomic mass is 9.70. The van der Waals surface area contributed by atoms with Crippen LogP contribution in [0, 0.1) is 19.3 Å². The van der Waals surface area contributed by atoms with Gasteiger partial charge >= 0.3 is 0 Å². The van der Waals surface area contributed by atoms with E-state index in [1.165, 1.54) is 80.3 Å². The Morgan fingerprint density at radius 1 is 0.879 bits per heavy atom. The number of benzene rings is 3. The number of aryl methyl sites for hydroxylation is 2. The summed E-state index contributed by atoms with van der Waals surface area (Å²) in [5.41, 5.74) is 9.78. The molecular formula is C31H30N2. The van der Waals surface area contributed by atoms with E-state index in [-0.39, 0.29) is 0 Å². The summed E-state index contributed by atoms with van der Waals surface area (Å²) in [6, 6.07) is 18.4. The Kier molecular flexibility index (Phi) is 3.79. The van der Waals surface area contributed by atoms with Crippen LogP contribution in [-0.2, 0) is 0 Å². The minimum Gasteiger partial charge on any atom is -0.308 e. The molecule has 1 aliphatic carbocycles. The minimum atomic E-state index is 0.469. The molecule has 7 rings (SSSR count). The van der Waals surface area contributed by atoms with Crippen LogP contribution in [0.2, 0.25) is 0 Å². The highest BCUT2D eigenvalue weighted by Crippen LogP contribution is 2.49. The van der Waals surface area contributed by atoms with Crippen LogP contribution in [0.3, 0.4) is 0 Å². The van der Waals surface area contributed by atoms with Gasteiger partial charge in [0.1, 0.15) is 0 Å². The van der Waals surface area contributed by atoms with Crippen LogP contribution in [0.15, 0.2) is 54.7 Å². The van der Waals surface area contributed by atoms with Gasteiger partial charge in [0, 0.05) is 27.7 Å². The Morgan fingerprint density at radius 2 is 1.67 bits per heavy atom. The van der Waals surface area contributed by atoms with Crippen LogP contribution in [0.4, 0.5) is 0 Å². The zero-order valence-electron chi connectivity index (χ0n) is 20.0. The van der Waals surface area contributed by atoms with Gasteiger partial charge in [0.2, 0.25) is 0 Å². The highest BCUT2D eigenvalue weighted by molar-refractivity contribution is 6.28. The predicted molar refractivity (Wildman–Crippen MR) is 141 cm³/mol. The molecule has 2 nitrogen and oxygen atoms in total. The molecule has 0 aliphatic heterocycles. The number of hydrogen-bond acceptors (Lipinski definition) is 1. The van der Waals surface area contributed by atoms with E-state index in [4.69, 9.17) is 4.98 Å². The fourth-order valence-electron chi connectivity index (χ4n) is 6.76. The molecule has 0 amide bonds. The summed E-state index contributed by atoms with van der Waals surface area (Å²) in [5.74, 6) is 0.624. The second-order valence-corrected chi connectivity index (χ2v) is 11.2. The van der Waals surface area contributed by atoms with Crippen molar-refractivity contribution in [3.05, 3.63) is 71.4 Å². The first-order valence-electron chi connectivity index (χ1n) is 12.4. The normalized spacial score (nSPS) is 17.3. The van der Waals surface area contributed by atoms with Gasteiger partial charge in [0.25, 0.3) is 0 Å². The van der Waals surface area contributed by atoms with Crippen molar-refractivity contribution >= 4 is 49.0 Å². The molecule has 3 heterocycles. The summed E-state index contributed by atoms with van der Waals surface area (Å²) in [5, 5.41) is 6.77. The molecule has 0 unspecified atom stereocenters. The van der Waals surface area contributed by atoms with Crippen LogP contribution in [0.1, 0.15) is 62.1 Å². The fourth-order valence-corrected chi connectivity index (χ4v) is 6.76. The van der Waals surface area contributed by atoms with Crippen LogP contribution in [0.25, 0.3) is 49.0 Å². The van der Waals surface area contributed by atoms with Crippen molar-refractivity contribution in [3.63, 3.8) is 0 Å². The average molecular weight is 431 g/mol. The third-order valence-electron chi connectivity index (χ3n) is 8.40. The average Bonchev–Trinajstić information content (AvgIpc) is 3.14. The van der Waals surface area contributed by atoms with E-state index < -0.39 is 0 Å². The molecule has 3 aromatic carbocycles. The van der Waals surface area contributed by atoms with Crippen molar-refractivity contribution in [2.24, 2.45) is 5.41 Å². The molecule has 164 valence electrons. The number of nitrogens with zero attached hydrogens (tertiary/aromatic N) is 2.